The van der Waals surface area contributed by atoms with Crippen molar-refractivity contribution in [3.05, 3.63) is 42.4 Å². The Balaban J connectivity index is 1.79. The molecule has 1 fully saturated rings. The molecule has 1 aromatic carbocycles. The highest BCUT2D eigenvalue weighted by molar-refractivity contribution is 5.93. The lowest BCUT2D eigenvalue weighted by Gasteiger charge is -2.01. The van der Waals surface area contributed by atoms with Gasteiger partial charge in [-0.1, -0.05) is 29.4 Å². The predicted octanol–water partition coefficient (Wildman–Crippen LogP) is 3.12. The smallest absolute Gasteiger partial charge is 0.237 e. The summed E-state index contributed by atoms with van der Waals surface area (Å²) in [5.41, 5.74) is 0.688. The van der Waals surface area contributed by atoms with Gasteiger partial charge in [-0.05, 0) is 24.3 Å². The fraction of sp³-hybridized carbons (Fsp3) is 0.250. The Bertz CT molecular complexity index is 820. The standard InChI is InChI=1S/C16H13N3O2/c20-13-7-3-6-12(13)16-18-15(19-21-16)14-11-5-2-1-4-10(11)8-9-17-14/h1-2,4-5,8-9,12H,3,6-7H2. The highest BCUT2D eigenvalue weighted by atomic mass is 16.5. The maximum absolute atomic E-state index is 11.8. The van der Waals surface area contributed by atoms with Crippen molar-refractivity contribution in [3.63, 3.8) is 0 Å². The second kappa shape index (κ2) is 4.77. The minimum atomic E-state index is -0.235. The molecule has 1 aliphatic carbocycles. The summed E-state index contributed by atoms with van der Waals surface area (Å²) in [6.07, 6.45) is 4.03. The van der Waals surface area contributed by atoms with Crippen LogP contribution in [0, 0.1) is 0 Å². The summed E-state index contributed by atoms with van der Waals surface area (Å²) in [6.45, 7) is 0. The molecule has 0 bridgehead atoms. The second-order valence-electron chi connectivity index (χ2n) is 5.25. The van der Waals surface area contributed by atoms with E-state index in [1.54, 1.807) is 6.20 Å². The van der Waals surface area contributed by atoms with Crippen LogP contribution < -0.4 is 0 Å². The molecule has 5 heteroatoms. The van der Waals surface area contributed by atoms with E-state index >= 15 is 0 Å². The molecule has 1 saturated carbocycles. The minimum Gasteiger partial charge on any atom is -0.338 e. The summed E-state index contributed by atoms with van der Waals surface area (Å²) in [7, 11) is 0. The minimum absolute atomic E-state index is 0.191. The molecule has 1 aliphatic rings. The summed E-state index contributed by atoms with van der Waals surface area (Å²) in [4.78, 5) is 20.6. The van der Waals surface area contributed by atoms with Crippen molar-refractivity contribution >= 4 is 16.6 Å². The number of Topliss-reactive ketones (excluding diaryl/α,β-unsaturated/α-hetero) is 1. The van der Waals surface area contributed by atoms with E-state index in [9.17, 15) is 4.79 Å². The molecule has 1 atom stereocenters. The van der Waals surface area contributed by atoms with Gasteiger partial charge in [0, 0.05) is 18.0 Å². The lowest BCUT2D eigenvalue weighted by atomic mass is 10.1. The lowest BCUT2D eigenvalue weighted by Crippen LogP contribution is -2.04. The van der Waals surface area contributed by atoms with E-state index in [1.165, 1.54) is 0 Å². The monoisotopic (exact) mass is 279 g/mol. The molecular formula is C16H13N3O2. The van der Waals surface area contributed by atoms with Gasteiger partial charge in [-0.2, -0.15) is 4.98 Å². The average molecular weight is 279 g/mol. The van der Waals surface area contributed by atoms with Crippen molar-refractivity contribution < 1.29 is 9.32 Å². The second-order valence-corrected chi connectivity index (χ2v) is 5.25. The Labute approximate surface area is 121 Å². The first-order chi connectivity index (χ1) is 10.3. The predicted molar refractivity (Wildman–Crippen MR) is 76.6 cm³/mol. The molecular weight excluding hydrogens is 266 g/mol. The molecule has 21 heavy (non-hydrogen) atoms. The number of ketones is 1. The summed E-state index contributed by atoms with van der Waals surface area (Å²) in [5.74, 6) is 0.820. The van der Waals surface area contributed by atoms with Crippen LogP contribution in [0.3, 0.4) is 0 Å². The molecule has 0 amide bonds. The van der Waals surface area contributed by atoms with Gasteiger partial charge in [0.25, 0.3) is 0 Å². The molecule has 0 saturated heterocycles. The third-order valence-electron chi connectivity index (χ3n) is 3.93. The van der Waals surface area contributed by atoms with Gasteiger partial charge in [0.2, 0.25) is 11.7 Å². The van der Waals surface area contributed by atoms with Gasteiger partial charge in [-0.3, -0.25) is 9.78 Å². The number of hydrogen-bond donors (Lipinski definition) is 0. The van der Waals surface area contributed by atoms with Crippen LogP contribution in [0.15, 0.2) is 41.1 Å². The number of hydrogen-bond acceptors (Lipinski definition) is 5. The van der Waals surface area contributed by atoms with Crippen LogP contribution in [0.2, 0.25) is 0 Å². The molecule has 2 heterocycles. The van der Waals surface area contributed by atoms with Crippen molar-refractivity contribution in [3.8, 4) is 11.5 Å². The number of carbonyl (C=O) groups is 1. The first-order valence-corrected chi connectivity index (χ1v) is 7.03. The number of nitrogens with zero attached hydrogens (tertiary/aromatic N) is 3. The van der Waals surface area contributed by atoms with E-state index in [4.69, 9.17) is 4.52 Å². The van der Waals surface area contributed by atoms with E-state index < -0.39 is 0 Å². The normalized spacial score (nSPS) is 18.5. The largest absolute Gasteiger partial charge is 0.338 e. The quantitative estimate of drug-likeness (QED) is 0.721. The molecule has 0 N–H and O–H groups in total. The van der Waals surface area contributed by atoms with E-state index in [2.05, 4.69) is 15.1 Å². The number of aromatic nitrogens is 3. The Morgan fingerprint density at radius 1 is 1.19 bits per heavy atom. The molecule has 0 aliphatic heterocycles. The van der Waals surface area contributed by atoms with Crippen LogP contribution in [-0.4, -0.2) is 20.9 Å². The molecule has 5 nitrogen and oxygen atoms in total. The molecule has 104 valence electrons. The van der Waals surface area contributed by atoms with Crippen molar-refractivity contribution in [2.75, 3.05) is 0 Å². The highest BCUT2D eigenvalue weighted by Crippen LogP contribution is 2.32. The van der Waals surface area contributed by atoms with Crippen LogP contribution in [0.25, 0.3) is 22.3 Å². The molecule has 0 spiro atoms. The Morgan fingerprint density at radius 2 is 2.10 bits per heavy atom. The Hall–Kier alpha value is -2.56. The van der Waals surface area contributed by atoms with E-state index in [0.717, 1.165) is 23.6 Å². The van der Waals surface area contributed by atoms with Crippen LogP contribution >= 0.6 is 0 Å². The number of pyridine rings is 1. The molecule has 3 aromatic rings. The molecule has 0 radical (unpaired) electrons. The maximum atomic E-state index is 11.8. The summed E-state index contributed by atoms with van der Waals surface area (Å²) in [5, 5.41) is 6.07. The molecule has 1 unspecified atom stereocenters. The van der Waals surface area contributed by atoms with Gasteiger partial charge in [0.05, 0.1) is 5.92 Å². The zero-order valence-corrected chi connectivity index (χ0v) is 11.3. The summed E-state index contributed by atoms with van der Waals surface area (Å²) < 4.78 is 5.30. The number of rotatable bonds is 2. The first-order valence-electron chi connectivity index (χ1n) is 7.03. The summed E-state index contributed by atoms with van der Waals surface area (Å²) >= 11 is 0. The van der Waals surface area contributed by atoms with Crippen molar-refractivity contribution in [2.24, 2.45) is 0 Å². The van der Waals surface area contributed by atoms with Crippen molar-refractivity contribution in [2.45, 2.75) is 25.2 Å². The third-order valence-corrected chi connectivity index (χ3v) is 3.93. The van der Waals surface area contributed by atoms with Crippen LogP contribution in [0.4, 0.5) is 0 Å². The highest BCUT2D eigenvalue weighted by Gasteiger charge is 2.31. The van der Waals surface area contributed by atoms with Gasteiger partial charge in [-0.15, -0.1) is 0 Å². The Morgan fingerprint density at radius 3 is 2.95 bits per heavy atom. The fourth-order valence-corrected chi connectivity index (χ4v) is 2.85. The zero-order valence-electron chi connectivity index (χ0n) is 11.3. The van der Waals surface area contributed by atoms with Gasteiger partial charge in [0.1, 0.15) is 11.5 Å². The number of fused-ring (bicyclic) bond motifs is 1. The van der Waals surface area contributed by atoms with Crippen molar-refractivity contribution in [1.82, 2.24) is 15.1 Å². The third kappa shape index (κ3) is 2.01. The molecule has 4 rings (SSSR count). The van der Waals surface area contributed by atoms with Gasteiger partial charge >= 0.3 is 0 Å². The number of carbonyl (C=O) groups excluding carboxylic acids is 1. The first kappa shape index (κ1) is 12.2. The van der Waals surface area contributed by atoms with Crippen molar-refractivity contribution in [1.29, 1.82) is 0 Å². The van der Waals surface area contributed by atoms with E-state index in [0.29, 0.717) is 23.8 Å². The lowest BCUT2D eigenvalue weighted by molar-refractivity contribution is -0.119. The summed E-state index contributed by atoms with van der Waals surface area (Å²) in [6, 6.07) is 9.87. The maximum Gasteiger partial charge on any atom is 0.237 e. The van der Waals surface area contributed by atoms with Gasteiger partial charge < -0.3 is 4.52 Å². The average Bonchev–Trinajstić information content (AvgIpc) is 3.15. The van der Waals surface area contributed by atoms with E-state index in [-0.39, 0.29) is 11.7 Å². The zero-order chi connectivity index (χ0) is 14.2. The van der Waals surface area contributed by atoms with Crippen LogP contribution in [-0.2, 0) is 4.79 Å². The fourth-order valence-electron chi connectivity index (χ4n) is 2.85. The molecule has 2 aromatic heterocycles. The van der Waals surface area contributed by atoms with Gasteiger partial charge in [0.15, 0.2) is 0 Å². The van der Waals surface area contributed by atoms with Crippen LogP contribution in [0.5, 0.6) is 0 Å². The van der Waals surface area contributed by atoms with Crippen LogP contribution in [0.1, 0.15) is 31.1 Å². The number of benzene rings is 1. The SMILES string of the molecule is O=C1CCCC1c1nc(-c2nccc3ccccc23)no1. The topological polar surface area (TPSA) is 68.9 Å². The van der Waals surface area contributed by atoms with Gasteiger partial charge in [-0.25, -0.2) is 0 Å². The Kier molecular flexibility index (Phi) is 2.77. The van der Waals surface area contributed by atoms with E-state index in [1.807, 2.05) is 30.3 Å².